The van der Waals surface area contributed by atoms with Gasteiger partial charge in [0.1, 0.15) is 22.7 Å². The van der Waals surface area contributed by atoms with Crippen molar-refractivity contribution in [2.45, 2.75) is 5.41 Å². The molecule has 60 heavy (non-hydrogen) atoms. The zero-order valence-electron chi connectivity index (χ0n) is 32.5. The van der Waals surface area contributed by atoms with E-state index in [1.165, 1.54) is 33.4 Å². The molecule has 0 amide bonds. The maximum atomic E-state index is 7.23. The molecule has 1 spiro atoms. The number of nitrogens with zero attached hydrogens (tertiary/aromatic N) is 1. The van der Waals surface area contributed by atoms with Crippen molar-refractivity contribution in [3.05, 3.63) is 235 Å². The highest BCUT2D eigenvalue weighted by Gasteiger charge is 2.52. The van der Waals surface area contributed by atoms with Crippen molar-refractivity contribution in [1.82, 2.24) is 0 Å². The summed E-state index contributed by atoms with van der Waals surface area (Å²) in [5.41, 5.74) is 13.9. The minimum absolute atomic E-state index is 0.660. The Kier molecular flexibility index (Phi) is 6.93. The van der Waals surface area contributed by atoms with Gasteiger partial charge in [0.2, 0.25) is 0 Å². The smallest absolute Gasteiger partial charge is 0.140 e. The van der Waals surface area contributed by atoms with Crippen molar-refractivity contribution >= 4 is 60.5 Å². The first-order valence-electron chi connectivity index (χ1n) is 20.6. The summed E-state index contributed by atoms with van der Waals surface area (Å²) in [5, 5.41) is 6.72. The predicted molar refractivity (Wildman–Crippen MR) is 246 cm³/mol. The van der Waals surface area contributed by atoms with Gasteiger partial charge in [0.25, 0.3) is 0 Å². The van der Waals surface area contributed by atoms with E-state index < -0.39 is 5.41 Å². The fourth-order valence-electron chi connectivity index (χ4n) is 10.3. The van der Waals surface area contributed by atoms with Crippen molar-refractivity contribution in [2.75, 3.05) is 4.90 Å². The Bertz CT molecular complexity index is 3440. The van der Waals surface area contributed by atoms with Gasteiger partial charge in [-0.05, 0) is 81.1 Å². The molecule has 3 nitrogen and oxygen atoms in total. The summed E-state index contributed by atoms with van der Waals surface area (Å²) in [6, 6.07) is 76.8. The zero-order chi connectivity index (χ0) is 39.4. The molecule has 13 rings (SSSR count). The quantitative estimate of drug-likeness (QED) is 0.178. The van der Waals surface area contributed by atoms with Crippen molar-refractivity contribution in [2.24, 2.45) is 0 Å². The largest absolute Gasteiger partial charge is 0.456 e. The van der Waals surface area contributed by atoms with Crippen LogP contribution >= 0.6 is 0 Å². The molecule has 0 saturated carbocycles. The molecular formula is C57H35NO2. The van der Waals surface area contributed by atoms with Crippen LogP contribution in [0.1, 0.15) is 22.3 Å². The second kappa shape index (κ2) is 12.6. The molecule has 1 aliphatic heterocycles. The summed E-state index contributed by atoms with van der Waals surface area (Å²) in [4.78, 5) is 2.44. The number of anilines is 3. The van der Waals surface area contributed by atoms with Gasteiger partial charge in [-0.25, -0.2) is 0 Å². The number of benzene rings is 10. The SMILES string of the molecule is c1ccc(-c2ccc(N(c3ccc4oc5ccccc5c4c3)c3cccc4c3-c3ccccc3C43c4ccc5ccccc5c4Oc4c3ccc3ccccc43)cc2)cc1. The lowest BCUT2D eigenvalue weighted by molar-refractivity contribution is 0.447. The van der Waals surface area contributed by atoms with Crippen LogP contribution in [0.25, 0.3) is 65.7 Å². The third-order valence-corrected chi connectivity index (χ3v) is 12.9. The Labute approximate surface area is 347 Å². The molecule has 3 heteroatoms. The lowest BCUT2D eigenvalue weighted by atomic mass is 9.65. The Morgan fingerprint density at radius 3 is 1.70 bits per heavy atom. The van der Waals surface area contributed by atoms with Gasteiger partial charge in [0, 0.05) is 49.6 Å². The first-order chi connectivity index (χ1) is 29.8. The van der Waals surface area contributed by atoms with E-state index in [9.17, 15) is 0 Å². The first kappa shape index (κ1) is 33.1. The second-order valence-corrected chi connectivity index (χ2v) is 16.0. The van der Waals surface area contributed by atoms with Crippen LogP contribution in [0, 0.1) is 0 Å². The summed E-state index contributed by atoms with van der Waals surface area (Å²) >= 11 is 0. The average Bonchev–Trinajstić information content (AvgIpc) is 3.83. The number of para-hydroxylation sites is 1. The van der Waals surface area contributed by atoms with Crippen LogP contribution in [0.4, 0.5) is 17.1 Å². The maximum absolute atomic E-state index is 7.23. The monoisotopic (exact) mass is 765 g/mol. The molecule has 0 unspecified atom stereocenters. The highest BCUT2D eigenvalue weighted by molar-refractivity contribution is 6.08. The number of ether oxygens (including phenoxy) is 1. The van der Waals surface area contributed by atoms with Gasteiger partial charge in [-0.1, -0.05) is 170 Å². The second-order valence-electron chi connectivity index (χ2n) is 16.0. The van der Waals surface area contributed by atoms with Gasteiger partial charge >= 0.3 is 0 Å². The number of hydrogen-bond acceptors (Lipinski definition) is 3. The van der Waals surface area contributed by atoms with Gasteiger partial charge in [-0.2, -0.15) is 0 Å². The van der Waals surface area contributed by atoms with E-state index in [-0.39, 0.29) is 0 Å². The molecule has 280 valence electrons. The molecule has 0 saturated heterocycles. The Morgan fingerprint density at radius 1 is 0.367 bits per heavy atom. The zero-order valence-corrected chi connectivity index (χ0v) is 32.5. The van der Waals surface area contributed by atoms with Crippen molar-refractivity contribution < 1.29 is 9.15 Å². The third kappa shape index (κ3) is 4.54. The lowest BCUT2D eigenvalue weighted by Crippen LogP contribution is -2.32. The molecule has 0 atom stereocenters. The van der Waals surface area contributed by atoms with Crippen LogP contribution in [0.2, 0.25) is 0 Å². The van der Waals surface area contributed by atoms with Crippen LogP contribution in [0.15, 0.2) is 217 Å². The molecule has 1 aliphatic carbocycles. The number of furan rings is 1. The predicted octanol–water partition coefficient (Wildman–Crippen LogP) is 15.5. The Balaban J connectivity index is 1.12. The summed E-state index contributed by atoms with van der Waals surface area (Å²) in [6.07, 6.45) is 0. The average molecular weight is 766 g/mol. The maximum Gasteiger partial charge on any atom is 0.140 e. The fraction of sp³-hybridized carbons (Fsp3) is 0.0175. The topological polar surface area (TPSA) is 25.6 Å². The van der Waals surface area contributed by atoms with E-state index in [2.05, 4.69) is 205 Å². The Morgan fingerprint density at radius 2 is 0.950 bits per heavy atom. The van der Waals surface area contributed by atoms with Gasteiger partial charge < -0.3 is 14.1 Å². The standard InChI is InChI=1S/C57H35NO2/c1-2-13-36(14-3-1)37-25-29-40(30-26-37)58(41-31-34-53-46(35-41)44-19-9-11-24-52(44)59-53)51-23-12-22-48-54(51)45-20-8-10-21-47(45)57(48)49-32-27-38-15-4-6-17-42(38)55(49)60-56-43-18-7-5-16-39(43)28-33-50(56)57/h1-35H. The molecule has 1 aromatic heterocycles. The molecule has 0 N–H and O–H groups in total. The molecular weight excluding hydrogens is 731 g/mol. The van der Waals surface area contributed by atoms with E-state index in [4.69, 9.17) is 9.15 Å². The first-order valence-corrected chi connectivity index (χ1v) is 20.6. The van der Waals surface area contributed by atoms with Crippen molar-refractivity contribution in [1.29, 1.82) is 0 Å². The Hall–Kier alpha value is -7.88. The number of fused-ring (bicyclic) bond motifs is 16. The molecule has 0 bridgehead atoms. The number of hydrogen-bond donors (Lipinski definition) is 0. The summed E-state index contributed by atoms with van der Waals surface area (Å²) in [7, 11) is 0. The summed E-state index contributed by atoms with van der Waals surface area (Å²) in [5.74, 6) is 1.83. The van der Waals surface area contributed by atoms with Gasteiger partial charge in [-0.3, -0.25) is 0 Å². The van der Waals surface area contributed by atoms with Gasteiger partial charge in [-0.15, -0.1) is 0 Å². The van der Waals surface area contributed by atoms with E-state index >= 15 is 0 Å². The van der Waals surface area contributed by atoms with E-state index in [1.807, 2.05) is 12.1 Å². The van der Waals surface area contributed by atoms with Crippen LogP contribution in [-0.2, 0) is 5.41 Å². The van der Waals surface area contributed by atoms with Crippen LogP contribution in [-0.4, -0.2) is 0 Å². The van der Waals surface area contributed by atoms with Crippen LogP contribution in [0.3, 0.4) is 0 Å². The van der Waals surface area contributed by atoms with Crippen LogP contribution in [0.5, 0.6) is 11.5 Å². The lowest BCUT2D eigenvalue weighted by Gasteiger charge is -2.40. The van der Waals surface area contributed by atoms with E-state index in [0.717, 1.165) is 83.2 Å². The van der Waals surface area contributed by atoms with Gasteiger partial charge in [0.15, 0.2) is 0 Å². The third-order valence-electron chi connectivity index (χ3n) is 12.9. The summed E-state index contributed by atoms with van der Waals surface area (Å²) in [6.45, 7) is 0. The molecule has 0 fully saturated rings. The molecule has 11 aromatic rings. The molecule has 10 aromatic carbocycles. The minimum atomic E-state index is -0.660. The summed E-state index contributed by atoms with van der Waals surface area (Å²) < 4.78 is 13.6. The highest BCUT2D eigenvalue weighted by Crippen LogP contribution is 2.65. The molecule has 2 heterocycles. The molecule has 2 aliphatic rings. The van der Waals surface area contributed by atoms with E-state index in [0.29, 0.717) is 0 Å². The van der Waals surface area contributed by atoms with E-state index in [1.54, 1.807) is 0 Å². The normalized spacial score (nSPS) is 13.3. The molecule has 0 radical (unpaired) electrons. The van der Waals surface area contributed by atoms with Crippen molar-refractivity contribution in [3.8, 4) is 33.8 Å². The fourth-order valence-corrected chi connectivity index (χ4v) is 10.3. The minimum Gasteiger partial charge on any atom is -0.456 e. The van der Waals surface area contributed by atoms with Gasteiger partial charge in [0.05, 0.1) is 11.1 Å². The highest BCUT2D eigenvalue weighted by atomic mass is 16.5. The van der Waals surface area contributed by atoms with Crippen LogP contribution < -0.4 is 9.64 Å². The van der Waals surface area contributed by atoms with Crippen molar-refractivity contribution in [3.63, 3.8) is 0 Å². The number of rotatable bonds is 4.